The lowest BCUT2D eigenvalue weighted by Crippen LogP contribution is -2.15. The largest absolute Gasteiger partial charge is 0.334 e. The Morgan fingerprint density at radius 1 is 1.35 bits per heavy atom. The van der Waals surface area contributed by atoms with Gasteiger partial charge in [-0.15, -0.1) is 0 Å². The van der Waals surface area contributed by atoms with Gasteiger partial charge in [-0.25, -0.2) is 9.97 Å². The number of thioether (sulfide) groups is 1. The summed E-state index contributed by atoms with van der Waals surface area (Å²) < 4.78 is 2.23. The van der Waals surface area contributed by atoms with Crippen molar-refractivity contribution in [2.24, 2.45) is 0 Å². The predicted octanol–water partition coefficient (Wildman–Crippen LogP) is 3.03. The summed E-state index contributed by atoms with van der Waals surface area (Å²) in [5.74, 6) is 1.45. The molecule has 5 nitrogen and oxygen atoms in total. The smallest absolute Gasteiger partial charge is 0.254 e. The second kappa shape index (κ2) is 6.15. The van der Waals surface area contributed by atoms with Gasteiger partial charge in [-0.3, -0.25) is 4.79 Å². The van der Waals surface area contributed by atoms with Gasteiger partial charge in [0.2, 0.25) is 0 Å². The summed E-state index contributed by atoms with van der Waals surface area (Å²) in [6.07, 6.45) is 8.65. The maximum atomic E-state index is 12.1. The van der Waals surface area contributed by atoms with E-state index in [4.69, 9.17) is 0 Å². The number of nitrogens with zero attached hydrogens (tertiary/aromatic N) is 3. The highest BCUT2D eigenvalue weighted by Crippen LogP contribution is 2.38. The maximum Gasteiger partial charge on any atom is 0.254 e. The molecule has 122 valence electrons. The van der Waals surface area contributed by atoms with Gasteiger partial charge in [-0.1, -0.05) is 18.2 Å². The van der Waals surface area contributed by atoms with Gasteiger partial charge in [-0.2, -0.15) is 0 Å². The summed E-state index contributed by atoms with van der Waals surface area (Å²) in [7, 11) is 0. The third kappa shape index (κ3) is 2.73. The first kappa shape index (κ1) is 15.0. The van der Waals surface area contributed by atoms with Crippen molar-refractivity contribution >= 4 is 11.8 Å². The summed E-state index contributed by atoms with van der Waals surface area (Å²) in [6, 6.07) is 0. The number of aromatic amines is 1. The van der Waals surface area contributed by atoms with E-state index in [1.807, 2.05) is 6.33 Å². The zero-order chi connectivity index (χ0) is 15.8. The van der Waals surface area contributed by atoms with E-state index in [0.29, 0.717) is 5.92 Å². The van der Waals surface area contributed by atoms with Crippen molar-refractivity contribution in [1.82, 2.24) is 19.5 Å². The van der Waals surface area contributed by atoms with Crippen LogP contribution in [0.1, 0.15) is 61.2 Å². The number of fused-ring (bicyclic) bond motifs is 1. The van der Waals surface area contributed by atoms with E-state index in [9.17, 15) is 4.79 Å². The van der Waals surface area contributed by atoms with Crippen LogP contribution >= 0.6 is 11.8 Å². The SMILES string of the molecule is CCn1cnc(C2CCC2)c1CSc1nc2c(c(=O)[nH]1)CCC2. The predicted molar refractivity (Wildman–Crippen MR) is 90.9 cm³/mol. The Hall–Kier alpha value is -1.56. The average molecular weight is 330 g/mol. The number of H-pyrrole nitrogens is 1. The zero-order valence-electron chi connectivity index (χ0n) is 13.5. The number of aromatic nitrogens is 4. The quantitative estimate of drug-likeness (QED) is 0.676. The highest BCUT2D eigenvalue weighted by atomic mass is 32.2. The summed E-state index contributed by atoms with van der Waals surface area (Å²) in [4.78, 5) is 24.4. The fourth-order valence-electron chi connectivity index (χ4n) is 3.50. The lowest BCUT2D eigenvalue weighted by atomic mass is 9.82. The highest BCUT2D eigenvalue weighted by molar-refractivity contribution is 7.98. The molecule has 1 N–H and O–H groups in total. The molecule has 2 aromatic rings. The van der Waals surface area contributed by atoms with Crippen molar-refractivity contribution in [2.75, 3.05) is 0 Å². The van der Waals surface area contributed by atoms with Crippen LogP contribution in [0.15, 0.2) is 16.3 Å². The Bertz CT molecular complexity index is 775. The second-order valence-corrected chi connectivity index (χ2v) is 7.39. The molecule has 1 saturated carbocycles. The maximum absolute atomic E-state index is 12.1. The van der Waals surface area contributed by atoms with E-state index < -0.39 is 0 Å². The van der Waals surface area contributed by atoms with Gasteiger partial charge >= 0.3 is 0 Å². The summed E-state index contributed by atoms with van der Waals surface area (Å²) >= 11 is 1.63. The Morgan fingerprint density at radius 3 is 2.96 bits per heavy atom. The van der Waals surface area contributed by atoms with Gasteiger partial charge < -0.3 is 9.55 Å². The third-order valence-corrected chi connectivity index (χ3v) is 5.96. The fourth-order valence-corrected chi connectivity index (χ4v) is 4.43. The van der Waals surface area contributed by atoms with Crippen molar-refractivity contribution in [2.45, 2.75) is 68.8 Å². The summed E-state index contributed by atoms with van der Waals surface area (Å²) in [6.45, 7) is 3.08. The summed E-state index contributed by atoms with van der Waals surface area (Å²) in [5, 5.41) is 0.749. The first-order chi connectivity index (χ1) is 11.3. The van der Waals surface area contributed by atoms with E-state index in [-0.39, 0.29) is 5.56 Å². The molecule has 0 aliphatic heterocycles. The topological polar surface area (TPSA) is 63.6 Å². The molecule has 2 aromatic heterocycles. The molecule has 2 aliphatic rings. The first-order valence-electron chi connectivity index (χ1n) is 8.55. The number of hydrogen-bond acceptors (Lipinski definition) is 4. The van der Waals surface area contributed by atoms with Crippen LogP contribution < -0.4 is 5.56 Å². The van der Waals surface area contributed by atoms with Crippen molar-refractivity contribution in [3.8, 4) is 0 Å². The molecule has 4 rings (SSSR count). The minimum absolute atomic E-state index is 0.0539. The molecule has 0 unspecified atom stereocenters. The monoisotopic (exact) mass is 330 g/mol. The number of aryl methyl sites for hydroxylation is 2. The molecular weight excluding hydrogens is 308 g/mol. The first-order valence-corrected chi connectivity index (χ1v) is 9.53. The van der Waals surface area contributed by atoms with Crippen molar-refractivity contribution in [1.29, 1.82) is 0 Å². The van der Waals surface area contributed by atoms with Gasteiger partial charge in [0, 0.05) is 23.8 Å². The van der Waals surface area contributed by atoms with Gasteiger partial charge in [0.25, 0.3) is 5.56 Å². The lowest BCUT2D eigenvalue weighted by molar-refractivity contribution is 0.410. The lowest BCUT2D eigenvalue weighted by Gasteiger charge is -2.25. The molecule has 6 heteroatoms. The number of hydrogen-bond donors (Lipinski definition) is 1. The molecule has 0 aromatic carbocycles. The molecule has 1 fully saturated rings. The molecule has 0 spiro atoms. The van der Waals surface area contributed by atoms with Crippen LogP contribution in [0.3, 0.4) is 0 Å². The van der Waals surface area contributed by atoms with Gasteiger partial charge in [0.05, 0.1) is 23.4 Å². The molecule has 2 aliphatic carbocycles. The molecular formula is C17H22N4OS. The number of imidazole rings is 1. The van der Waals surface area contributed by atoms with Crippen LogP contribution in [-0.2, 0) is 25.1 Å². The standard InChI is InChI=1S/C17H22N4OS/c1-2-21-10-18-15(11-5-3-6-11)14(21)9-23-17-19-13-8-4-7-12(13)16(22)20-17/h10-11H,2-9H2,1H3,(H,19,20,22). The van der Waals surface area contributed by atoms with Crippen molar-refractivity contribution in [3.63, 3.8) is 0 Å². The second-order valence-electron chi connectivity index (χ2n) is 6.43. The van der Waals surface area contributed by atoms with E-state index in [0.717, 1.165) is 48.0 Å². The van der Waals surface area contributed by atoms with E-state index in [1.54, 1.807) is 11.8 Å². The van der Waals surface area contributed by atoms with Crippen LogP contribution in [0.2, 0.25) is 0 Å². The average Bonchev–Trinajstić information content (AvgIpc) is 3.10. The molecule has 0 atom stereocenters. The molecule has 0 amide bonds. The van der Waals surface area contributed by atoms with Gasteiger partial charge in [-0.05, 0) is 39.0 Å². The van der Waals surface area contributed by atoms with Crippen LogP contribution in [0.25, 0.3) is 0 Å². The Morgan fingerprint density at radius 2 is 2.22 bits per heavy atom. The minimum Gasteiger partial charge on any atom is -0.334 e. The van der Waals surface area contributed by atoms with Gasteiger partial charge in [0.1, 0.15) is 0 Å². The zero-order valence-corrected chi connectivity index (χ0v) is 14.3. The third-order valence-electron chi connectivity index (χ3n) is 5.08. The number of rotatable bonds is 5. The van der Waals surface area contributed by atoms with Crippen molar-refractivity contribution in [3.05, 3.63) is 39.3 Å². The van der Waals surface area contributed by atoms with Crippen LogP contribution in [0.5, 0.6) is 0 Å². The Kier molecular flexibility index (Phi) is 4.01. The van der Waals surface area contributed by atoms with Crippen LogP contribution in [-0.4, -0.2) is 19.5 Å². The van der Waals surface area contributed by atoms with E-state index in [2.05, 4.69) is 26.4 Å². The molecule has 0 bridgehead atoms. The Balaban J connectivity index is 1.56. The molecule has 0 saturated heterocycles. The Labute approximate surface area is 139 Å². The molecule has 23 heavy (non-hydrogen) atoms. The van der Waals surface area contributed by atoms with Crippen LogP contribution in [0.4, 0.5) is 0 Å². The van der Waals surface area contributed by atoms with E-state index >= 15 is 0 Å². The normalized spacial score (nSPS) is 17.3. The fraction of sp³-hybridized carbons (Fsp3) is 0.588. The minimum atomic E-state index is 0.0539. The van der Waals surface area contributed by atoms with E-state index in [1.165, 1.54) is 30.7 Å². The molecule has 0 radical (unpaired) electrons. The summed E-state index contributed by atoms with van der Waals surface area (Å²) in [5.41, 5.74) is 4.50. The van der Waals surface area contributed by atoms with Crippen LogP contribution in [0, 0.1) is 0 Å². The van der Waals surface area contributed by atoms with Gasteiger partial charge in [0.15, 0.2) is 5.16 Å². The number of nitrogens with one attached hydrogen (secondary N) is 1. The molecule has 2 heterocycles. The van der Waals surface area contributed by atoms with Crippen molar-refractivity contribution < 1.29 is 0 Å². The highest BCUT2D eigenvalue weighted by Gasteiger charge is 2.26.